The van der Waals surface area contributed by atoms with E-state index in [0.717, 1.165) is 41.8 Å². The van der Waals surface area contributed by atoms with Gasteiger partial charge in [-0.05, 0) is 104 Å². The van der Waals surface area contributed by atoms with E-state index in [9.17, 15) is 13.2 Å². The average Bonchev–Trinajstić information content (AvgIpc) is 2.99. The molecule has 2 aromatic heterocycles. The van der Waals surface area contributed by atoms with E-state index in [1.807, 2.05) is 0 Å². The highest BCUT2D eigenvalue weighted by Crippen LogP contribution is 2.52. The number of nitrogens with zero attached hydrogens (tertiary/aromatic N) is 4. The largest absolute Gasteiger partial charge is 0.416 e. The van der Waals surface area contributed by atoms with E-state index in [-0.39, 0.29) is 28.7 Å². The molecule has 2 radical (unpaired) electrons. The molecule has 2 atom stereocenters. The molecular formula is C36H42BF5N4. The van der Waals surface area contributed by atoms with Gasteiger partial charge >= 0.3 is 6.18 Å². The zero-order chi connectivity index (χ0) is 33.0. The van der Waals surface area contributed by atoms with Gasteiger partial charge in [-0.2, -0.15) is 13.2 Å². The normalized spacial score (nSPS) is 26.1. The van der Waals surface area contributed by atoms with Crippen LogP contribution in [0, 0.1) is 5.41 Å². The Morgan fingerprint density at radius 3 is 2.11 bits per heavy atom. The van der Waals surface area contributed by atoms with Gasteiger partial charge in [-0.3, -0.25) is 4.98 Å². The van der Waals surface area contributed by atoms with E-state index >= 15 is 8.78 Å². The van der Waals surface area contributed by atoms with Crippen LogP contribution in [0.1, 0.15) is 136 Å². The number of benzene rings is 1. The van der Waals surface area contributed by atoms with Crippen LogP contribution < -0.4 is 10.4 Å². The van der Waals surface area contributed by atoms with Crippen LogP contribution >= 0.6 is 0 Å². The number of rotatable bonds is 5. The van der Waals surface area contributed by atoms with Gasteiger partial charge in [0.1, 0.15) is 13.5 Å². The van der Waals surface area contributed by atoms with E-state index in [1.165, 1.54) is 12.1 Å². The number of hydrogen-bond donors (Lipinski definition) is 0. The van der Waals surface area contributed by atoms with Crippen molar-refractivity contribution >= 4 is 19.3 Å². The maximum atomic E-state index is 17.3. The molecule has 0 spiro atoms. The number of halogens is 5. The number of anilines is 1. The summed E-state index contributed by atoms with van der Waals surface area (Å²) in [6.07, 6.45) is 2.01. The highest BCUT2D eigenvalue weighted by Gasteiger charge is 2.42. The number of aromatic nitrogens is 3. The summed E-state index contributed by atoms with van der Waals surface area (Å²) in [7, 11) is 5.79. The van der Waals surface area contributed by atoms with Crippen molar-refractivity contribution in [2.75, 3.05) is 18.0 Å². The molecule has 2 fully saturated rings. The molecule has 0 amide bonds. The fourth-order valence-electron chi connectivity index (χ4n) is 8.23. The minimum absolute atomic E-state index is 0.0119. The summed E-state index contributed by atoms with van der Waals surface area (Å²) >= 11 is 0. The third-order valence-electron chi connectivity index (χ3n) is 10.5. The summed E-state index contributed by atoms with van der Waals surface area (Å²) < 4.78 is 72.7. The smallest absolute Gasteiger partial charge is 0.341 e. The van der Waals surface area contributed by atoms with Crippen molar-refractivity contribution in [2.24, 2.45) is 5.41 Å². The number of alkyl halides is 5. The van der Waals surface area contributed by atoms with Crippen molar-refractivity contribution in [2.45, 2.75) is 115 Å². The summed E-state index contributed by atoms with van der Waals surface area (Å²) in [5.41, 5.74) is 2.82. The summed E-state index contributed by atoms with van der Waals surface area (Å²) in [4.78, 5) is 16.2. The first kappa shape index (κ1) is 32.9. The fourth-order valence-corrected chi connectivity index (χ4v) is 8.23. The first-order valence-electron chi connectivity index (χ1n) is 16.5. The van der Waals surface area contributed by atoms with Crippen molar-refractivity contribution in [1.82, 2.24) is 15.0 Å². The van der Waals surface area contributed by atoms with Gasteiger partial charge in [0.15, 0.2) is 6.17 Å². The molecule has 1 aliphatic heterocycles. The monoisotopic (exact) mass is 636 g/mol. The zero-order valence-electron chi connectivity index (χ0n) is 27.1. The molecule has 3 aromatic rings. The highest BCUT2D eigenvalue weighted by atomic mass is 19.4. The van der Waals surface area contributed by atoms with E-state index < -0.39 is 23.6 Å². The number of pyridine rings is 1. The van der Waals surface area contributed by atoms with Crippen molar-refractivity contribution in [3.8, 4) is 0 Å². The van der Waals surface area contributed by atoms with Crippen molar-refractivity contribution in [3.05, 3.63) is 75.9 Å². The lowest BCUT2D eigenvalue weighted by Gasteiger charge is -2.42. The van der Waals surface area contributed by atoms with Crippen molar-refractivity contribution in [3.63, 3.8) is 0 Å². The topological polar surface area (TPSA) is 41.9 Å². The molecule has 2 aliphatic carbocycles. The second kappa shape index (κ2) is 12.2. The van der Waals surface area contributed by atoms with Gasteiger partial charge in [-0.1, -0.05) is 38.4 Å². The molecule has 46 heavy (non-hydrogen) atoms. The molecule has 244 valence electrons. The summed E-state index contributed by atoms with van der Waals surface area (Å²) in [6.45, 7) is 9.58. The molecule has 0 N–H and O–H groups in total. The molecule has 3 heterocycles. The molecule has 1 saturated heterocycles. The predicted octanol–water partition coefficient (Wildman–Crippen LogP) is 8.59. The molecule has 6 rings (SSSR count). The third-order valence-corrected chi connectivity index (χ3v) is 10.5. The predicted molar refractivity (Wildman–Crippen MR) is 171 cm³/mol. The Morgan fingerprint density at radius 1 is 0.913 bits per heavy atom. The number of piperidine rings is 1. The second-order valence-electron chi connectivity index (χ2n) is 14.9. The van der Waals surface area contributed by atoms with Crippen LogP contribution in [-0.4, -0.2) is 41.6 Å². The van der Waals surface area contributed by atoms with Crippen LogP contribution in [0.25, 0.3) is 0 Å². The van der Waals surface area contributed by atoms with Crippen LogP contribution in [0.4, 0.5) is 27.9 Å². The molecule has 3 aliphatic rings. The van der Waals surface area contributed by atoms with Gasteiger partial charge in [0.25, 0.3) is 0 Å². The third kappa shape index (κ3) is 6.68. The molecule has 10 heteroatoms. The highest BCUT2D eigenvalue weighted by molar-refractivity contribution is 6.31. The first-order chi connectivity index (χ1) is 21.6. The van der Waals surface area contributed by atoms with Crippen LogP contribution in [0.3, 0.4) is 0 Å². The Morgan fingerprint density at radius 2 is 1.52 bits per heavy atom. The van der Waals surface area contributed by atoms with Crippen LogP contribution in [-0.2, 0) is 12.6 Å². The lowest BCUT2D eigenvalue weighted by molar-refractivity contribution is -0.137. The van der Waals surface area contributed by atoms with Gasteiger partial charge in [-0.25, -0.2) is 18.7 Å². The van der Waals surface area contributed by atoms with Gasteiger partial charge in [0.05, 0.1) is 11.3 Å². The average molecular weight is 637 g/mol. The van der Waals surface area contributed by atoms with Crippen LogP contribution in [0.15, 0.2) is 36.7 Å². The minimum atomic E-state index is -4.51. The maximum absolute atomic E-state index is 17.3. The zero-order valence-corrected chi connectivity index (χ0v) is 27.1. The number of hydrogen-bond acceptors (Lipinski definition) is 4. The molecule has 2 unspecified atom stereocenters. The van der Waals surface area contributed by atoms with Gasteiger partial charge in [-0.15, -0.1) is 0 Å². The van der Waals surface area contributed by atoms with Crippen LogP contribution in [0.2, 0.25) is 0 Å². The van der Waals surface area contributed by atoms with E-state index in [2.05, 4.69) is 35.6 Å². The summed E-state index contributed by atoms with van der Waals surface area (Å²) in [6, 6.07) is 4.43. The molecule has 0 bridgehead atoms. The second-order valence-corrected chi connectivity index (χ2v) is 14.9. The van der Waals surface area contributed by atoms with Crippen molar-refractivity contribution in [1.29, 1.82) is 0 Å². The molecule has 4 nitrogen and oxygen atoms in total. The Balaban J connectivity index is 1.47. The lowest BCUT2D eigenvalue weighted by atomic mass is 9.65. The van der Waals surface area contributed by atoms with E-state index in [4.69, 9.17) is 12.8 Å². The quantitative estimate of drug-likeness (QED) is 0.208. The van der Waals surface area contributed by atoms with Gasteiger partial charge < -0.3 is 4.90 Å². The summed E-state index contributed by atoms with van der Waals surface area (Å²) in [5.74, 6) is 0.602. The van der Waals surface area contributed by atoms with E-state index in [1.54, 1.807) is 19.3 Å². The first-order valence-corrected chi connectivity index (χ1v) is 16.5. The molecule has 1 saturated carbocycles. The standard InChI is InChI=1S/C36H42BF5N4/c1-21-17-34(2,3)18-27-28(21)29(22-9-13-35(4,39)14-10-22)30(31(38)23-5-7-25(8-6-23)36(40,41)42)32(45-27)24-11-15-46(16-12-24)33-43-19-26(37)20-44-33/h5-8,19-22,24,31H,9-18H2,1-4H3. The Hall–Kier alpha value is -3.04. The molecule has 1 aromatic carbocycles. The lowest BCUT2D eigenvalue weighted by Crippen LogP contribution is -2.36. The SMILES string of the molecule is [B]c1cnc(N2CCC(c3nc4c(c(C5CCC(C)(F)CC5)c3C(F)c3ccc(C(F)(F)F)cc3)C(C)CC(C)(C)C4)CC2)nc1. The fraction of sp³-hybridized carbons (Fsp3) is 0.583. The minimum Gasteiger partial charge on any atom is -0.341 e. The van der Waals surface area contributed by atoms with Crippen LogP contribution in [0.5, 0.6) is 0 Å². The van der Waals surface area contributed by atoms with E-state index in [0.29, 0.717) is 74.3 Å². The Kier molecular flexibility index (Phi) is 8.73. The Labute approximate surface area is 270 Å². The summed E-state index contributed by atoms with van der Waals surface area (Å²) in [5, 5.41) is 0. The number of fused-ring (bicyclic) bond motifs is 1. The Bertz CT molecular complexity index is 1540. The van der Waals surface area contributed by atoms with Gasteiger partial charge in [0.2, 0.25) is 5.95 Å². The maximum Gasteiger partial charge on any atom is 0.416 e. The molecular weight excluding hydrogens is 594 g/mol. The van der Waals surface area contributed by atoms with Crippen molar-refractivity contribution < 1.29 is 22.0 Å². The van der Waals surface area contributed by atoms with Gasteiger partial charge in [0, 0.05) is 42.7 Å².